The van der Waals surface area contributed by atoms with E-state index in [9.17, 15) is 4.39 Å². The number of unbranched alkanes of at least 4 members (excludes halogenated alkanes) is 1. The van der Waals surface area contributed by atoms with Crippen LogP contribution in [0.2, 0.25) is 0 Å². The Labute approximate surface area is 120 Å². The summed E-state index contributed by atoms with van der Waals surface area (Å²) >= 11 is 5.30. The minimum absolute atomic E-state index is 0.249. The normalized spacial score (nSPS) is 11.2. The number of aromatic amines is 1. The van der Waals surface area contributed by atoms with Crippen LogP contribution in [-0.2, 0) is 13.1 Å². The molecule has 3 aromatic rings. The van der Waals surface area contributed by atoms with E-state index in [1.807, 2.05) is 17.1 Å². The Kier molecular flexibility index (Phi) is 3.64. The number of hydrogen-bond acceptors (Lipinski definition) is 2. The summed E-state index contributed by atoms with van der Waals surface area (Å²) in [5, 5.41) is 0. The molecule has 0 spiro atoms. The van der Waals surface area contributed by atoms with Gasteiger partial charge in [-0.1, -0.05) is 0 Å². The minimum atomic E-state index is -0.249. The molecule has 0 saturated carbocycles. The Bertz CT molecular complexity index is 757. The maximum absolute atomic E-state index is 13.2. The van der Waals surface area contributed by atoms with Gasteiger partial charge in [-0.2, -0.15) is 0 Å². The molecule has 0 atom stereocenters. The van der Waals surface area contributed by atoms with E-state index in [2.05, 4.69) is 14.5 Å². The number of fused-ring (bicyclic) bond motifs is 1. The number of H-pyrrole nitrogens is 1. The molecule has 0 bridgehead atoms. The highest BCUT2D eigenvalue weighted by Crippen LogP contribution is 2.16. The molecule has 6 heteroatoms. The number of imidazole rings is 2. The Morgan fingerprint density at radius 3 is 2.90 bits per heavy atom. The molecule has 0 fully saturated rings. The summed E-state index contributed by atoms with van der Waals surface area (Å²) in [7, 11) is 0. The Balaban J connectivity index is 1.68. The van der Waals surface area contributed by atoms with E-state index in [0.717, 1.165) is 37.0 Å². The van der Waals surface area contributed by atoms with Crippen molar-refractivity contribution < 1.29 is 4.39 Å². The number of rotatable bonds is 5. The molecule has 2 aromatic heterocycles. The predicted octanol–water partition coefficient (Wildman–Crippen LogP) is 3.51. The monoisotopic (exact) mass is 290 g/mol. The molecule has 0 aliphatic carbocycles. The van der Waals surface area contributed by atoms with Gasteiger partial charge < -0.3 is 14.1 Å². The Morgan fingerprint density at radius 2 is 2.10 bits per heavy atom. The van der Waals surface area contributed by atoms with Gasteiger partial charge >= 0.3 is 0 Å². The van der Waals surface area contributed by atoms with Crippen LogP contribution in [-0.4, -0.2) is 19.1 Å². The molecule has 104 valence electrons. The number of aromatic nitrogens is 4. The third-order valence-electron chi connectivity index (χ3n) is 3.34. The summed E-state index contributed by atoms with van der Waals surface area (Å²) < 4.78 is 17.9. The second-order valence-corrected chi connectivity index (χ2v) is 5.14. The van der Waals surface area contributed by atoms with Crippen molar-refractivity contribution in [2.75, 3.05) is 0 Å². The molecule has 1 aromatic carbocycles. The topological polar surface area (TPSA) is 38.5 Å². The lowest BCUT2D eigenvalue weighted by molar-refractivity contribution is 0.556. The van der Waals surface area contributed by atoms with Crippen LogP contribution in [0.1, 0.15) is 12.8 Å². The fourth-order valence-electron chi connectivity index (χ4n) is 2.34. The van der Waals surface area contributed by atoms with E-state index in [4.69, 9.17) is 12.2 Å². The summed E-state index contributed by atoms with van der Waals surface area (Å²) in [5.74, 6) is -0.249. The largest absolute Gasteiger partial charge is 0.337 e. The zero-order chi connectivity index (χ0) is 13.9. The van der Waals surface area contributed by atoms with Crippen molar-refractivity contribution in [2.45, 2.75) is 25.9 Å². The summed E-state index contributed by atoms with van der Waals surface area (Å²) in [6.07, 6.45) is 7.62. The average Bonchev–Trinajstić information content (AvgIpc) is 3.02. The molecule has 0 saturated heterocycles. The van der Waals surface area contributed by atoms with Gasteiger partial charge in [0.1, 0.15) is 5.82 Å². The molecule has 2 heterocycles. The van der Waals surface area contributed by atoms with Crippen LogP contribution in [0.15, 0.2) is 36.9 Å². The number of benzene rings is 1. The minimum Gasteiger partial charge on any atom is -0.337 e. The maximum Gasteiger partial charge on any atom is 0.178 e. The number of nitrogens with zero attached hydrogens (tertiary/aromatic N) is 3. The highest BCUT2D eigenvalue weighted by Gasteiger charge is 2.05. The summed E-state index contributed by atoms with van der Waals surface area (Å²) in [5.41, 5.74) is 1.71. The zero-order valence-corrected chi connectivity index (χ0v) is 11.7. The van der Waals surface area contributed by atoms with E-state index in [1.54, 1.807) is 12.3 Å². The van der Waals surface area contributed by atoms with E-state index < -0.39 is 0 Å². The molecule has 0 radical (unpaired) electrons. The van der Waals surface area contributed by atoms with Gasteiger partial charge in [-0.05, 0) is 43.3 Å². The Hall–Kier alpha value is -1.95. The maximum atomic E-state index is 13.2. The van der Waals surface area contributed by atoms with Gasteiger partial charge in [0, 0.05) is 25.5 Å². The van der Waals surface area contributed by atoms with Crippen molar-refractivity contribution in [3.8, 4) is 0 Å². The fraction of sp³-hybridized carbons (Fsp3) is 0.286. The third kappa shape index (κ3) is 2.65. The van der Waals surface area contributed by atoms with E-state index in [0.29, 0.717) is 4.77 Å². The van der Waals surface area contributed by atoms with Gasteiger partial charge in [0.2, 0.25) is 0 Å². The van der Waals surface area contributed by atoms with Gasteiger partial charge in [0.15, 0.2) is 4.77 Å². The lowest BCUT2D eigenvalue weighted by Gasteiger charge is -2.05. The van der Waals surface area contributed by atoms with Gasteiger partial charge in [-0.3, -0.25) is 0 Å². The van der Waals surface area contributed by atoms with Gasteiger partial charge in [-0.25, -0.2) is 9.37 Å². The first-order chi connectivity index (χ1) is 9.74. The SMILES string of the molecule is Fc1ccc2c(c1)[nH]c(=S)n2CCCCn1ccnc1. The molecular weight excluding hydrogens is 275 g/mol. The van der Waals surface area contributed by atoms with Crippen LogP contribution < -0.4 is 0 Å². The van der Waals surface area contributed by atoms with Gasteiger partial charge in [0.05, 0.1) is 17.4 Å². The lowest BCUT2D eigenvalue weighted by atomic mass is 10.2. The molecule has 4 nitrogen and oxygen atoms in total. The fourth-order valence-corrected chi connectivity index (χ4v) is 2.64. The number of halogens is 1. The van der Waals surface area contributed by atoms with Crippen LogP contribution in [0.5, 0.6) is 0 Å². The van der Waals surface area contributed by atoms with Crippen LogP contribution in [0, 0.1) is 10.6 Å². The van der Waals surface area contributed by atoms with Crippen molar-refractivity contribution in [3.63, 3.8) is 0 Å². The molecule has 0 amide bonds. The smallest absolute Gasteiger partial charge is 0.178 e. The standard InChI is InChI=1S/C14H15FN4S/c15-11-3-4-13-12(9-11)17-14(20)19(13)7-2-1-6-18-8-5-16-10-18/h3-5,8-10H,1-2,6-7H2,(H,17,20). The second-order valence-electron chi connectivity index (χ2n) is 4.75. The number of aryl methyl sites for hydroxylation is 2. The van der Waals surface area contributed by atoms with Crippen molar-refractivity contribution in [3.05, 3.63) is 47.5 Å². The summed E-state index contributed by atoms with van der Waals surface area (Å²) in [6, 6.07) is 4.72. The Morgan fingerprint density at radius 1 is 1.25 bits per heavy atom. The van der Waals surface area contributed by atoms with Crippen LogP contribution >= 0.6 is 12.2 Å². The van der Waals surface area contributed by atoms with Crippen molar-refractivity contribution in [2.24, 2.45) is 0 Å². The number of hydrogen-bond donors (Lipinski definition) is 1. The van der Waals surface area contributed by atoms with Gasteiger partial charge in [-0.15, -0.1) is 0 Å². The molecule has 0 aliphatic rings. The highest BCUT2D eigenvalue weighted by molar-refractivity contribution is 7.71. The van der Waals surface area contributed by atoms with Crippen LogP contribution in [0.3, 0.4) is 0 Å². The van der Waals surface area contributed by atoms with Crippen molar-refractivity contribution in [1.82, 2.24) is 19.1 Å². The molecule has 1 N–H and O–H groups in total. The van der Waals surface area contributed by atoms with Crippen LogP contribution in [0.25, 0.3) is 11.0 Å². The average molecular weight is 290 g/mol. The third-order valence-corrected chi connectivity index (χ3v) is 3.67. The quantitative estimate of drug-likeness (QED) is 0.577. The molecule has 0 aliphatic heterocycles. The zero-order valence-electron chi connectivity index (χ0n) is 10.9. The van der Waals surface area contributed by atoms with Gasteiger partial charge in [0.25, 0.3) is 0 Å². The summed E-state index contributed by atoms with van der Waals surface area (Å²) in [6.45, 7) is 1.78. The highest BCUT2D eigenvalue weighted by atomic mass is 32.1. The molecular formula is C14H15FN4S. The molecule has 20 heavy (non-hydrogen) atoms. The van der Waals surface area contributed by atoms with E-state index >= 15 is 0 Å². The van der Waals surface area contributed by atoms with E-state index in [1.165, 1.54) is 12.1 Å². The molecule has 3 rings (SSSR count). The second kappa shape index (κ2) is 5.58. The summed E-state index contributed by atoms with van der Waals surface area (Å²) in [4.78, 5) is 7.06. The first-order valence-electron chi connectivity index (χ1n) is 6.58. The van der Waals surface area contributed by atoms with E-state index in [-0.39, 0.29) is 5.82 Å². The first kappa shape index (κ1) is 13.1. The predicted molar refractivity (Wildman–Crippen MR) is 78.5 cm³/mol. The first-order valence-corrected chi connectivity index (χ1v) is 6.99. The molecule has 0 unspecified atom stereocenters. The lowest BCUT2D eigenvalue weighted by Crippen LogP contribution is -2.01. The van der Waals surface area contributed by atoms with Crippen molar-refractivity contribution in [1.29, 1.82) is 0 Å². The van der Waals surface area contributed by atoms with Crippen LogP contribution in [0.4, 0.5) is 4.39 Å². The van der Waals surface area contributed by atoms with Crippen molar-refractivity contribution >= 4 is 23.3 Å². The number of nitrogens with one attached hydrogen (secondary N) is 1.